The fraction of sp³-hybridized carbons (Fsp3) is 0.800. The van der Waals surface area contributed by atoms with Crippen molar-refractivity contribution in [3.8, 4) is 0 Å². The van der Waals surface area contributed by atoms with E-state index in [2.05, 4.69) is 10.0 Å². The van der Waals surface area contributed by atoms with Crippen LogP contribution in [0.2, 0.25) is 0 Å². The zero-order chi connectivity index (χ0) is 30.6. The minimum absolute atomic E-state index is 0.0890. The number of rotatable bonds is 8. The van der Waals surface area contributed by atoms with E-state index in [-0.39, 0.29) is 18.0 Å². The summed E-state index contributed by atoms with van der Waals surface area (Å²) < 4.78 is 84.4. The Morgan fingerprint density at radius 3 is 2.72 bits per heavy atom. The summed E-state index contributed by atoms with van der Waals surface area (Å²) in [5.74, 6) is -12.0. The van der Waals surface area contributed by atoms with Gasteiger partial charge in [-0.25, -0.2) is 14.7 Å². The molecule has 0 saturated carbocycles. The van der Waals surface area contributed by atoms with E-state index in [9.17, 15) is 31.0 Å². The number of fused-ring (bicyclic) bond motifs is 1. The van der Waals surface area contributed by atoms with Crippen molar-refractivity contribution in [1.82, 2.24) is 14.9 Å². The topological polar surface area (TPSA) is 162 Å². The van der Waals surface area contributed by atoms with Crippen LogP contribution in [0, 0.1) is 23.6 Å². The molecule has 1 amide bonds. The number of amides is 1. The van der Waals surface area contributed by atoms with Gasteiger partial charge in [0, 0.05) is 42.9 Å². The molecule has 0 bridgehead atoms. The maximum Gasteiger partial charge on any atom is 0.353 e. The van der Waals surface area contributed by atoms with Gasteiger partial charge in [0.15, 0.2) is 0 Å². The highest BCUT2D eigenvalue weighted by atomic mass is 32.2. The van der Waals surface area contributed by atoms with E-state index < -0.39 is 85.5 Å². The molecule has 3 aliphatic heterocycles. The number of aliphatic hydroxyl groups is 1. The van der Waals surface area contributed by atoms with Crippen LogP contribution in [-0.4, -0.2) is 70.9 Å². The number of nitrogens with one attached hydrogen (secondary N) is 2. The fourth-order valence-corrected chi connectivity index (χ4v) is 5.90. The predicted molar refractivity (Wildman–Crippen MR) is 121 cm³/mol. The van der Waals surface area contributed by atoms with Gasteiger partial charge in [0.1, 0.15) is 5.70 Å². The van der Waals surface area contributed by atoms with Gasteiger partial charge >= 0.3 is 5.97 Å². The molecule has 10 nitrogen and oxygen atoms in total. The van der Waals surface area contributed by atoms with E-state index in [0.717, 1.165) is 20.8 Å². The number of hydrogen-bond acceptors (Lipinski definition) is 7. The number of β-lactam (4-membered cyclic amide) rings is 1. The van der Waals surface area contributed by atoms with Crippen molar-refractivity contribution in [2.24, 2.45) is 28.7 Å². The van der Waals surface area contributed by atoms with E-state index in [0.29, 0.717) is 11.8 Å². The molecule has 3 heterocycles. The van der Waals surface area contributed by atoms with Crippen LogP contribution in [0.5, 0.6) is 0 Å². The summed E-state index contributed by atoms with van der Waals surface area (Å²) in [6.07, 6.45) is 0. The minimum Gasteiger partial charge on any atom is -0.477 e. The normalized spacial score (nSPS) is 47.8. The number of thioether (sulfide) groups is 1. The Labute approximate surface area is 203 Å². The van der Waals surface area contributed by atoms with Crippen LogP contribution in [0.25, 0.3) is 0 Å². The van der Waals surface area contributed by atoms with Gasteiger partial charge in [-0.2, -0.15) is 8.42 Å². The van der Waals surface area contributed by atoms with Crippen LogP contribution < -0.4 is 15.2 Å². The predicted octanol–water partition coefficient (Wildman–Crippen LogP) is 0.0592. The molecule has 32 heavy (non-hydrogen) atoms. The van der Waals surface area contributed by atoms with Gasteiger partial charge in [0.05, 0.1) is 18.9 Å². The number of carbonyl (C=O) groups is 2. The van der Waals surface area contributed by atoms with Crippen molar-refractivity contribution < 1.29 is 37.8 Å². The number of aliphatic carboxylic acids is 1. The molecule has 6 N–H and O–H groups in total. The maximum atomic E-state index is 13.5. The lowest BCUT2D eigenvalue weighted by Crippen LogP contribution is -2.68. The quantitative estimate of drug-likeness (QED) is 0.294. The number of nitrogens with zero attached hydrogens (tertiary/aromatic N) is 1. The summed E-state index contributed by atoms with van der Waals surface area (Å²) in [4.78, 5) is 25.6. The number of carbonyl (C=O) groups excluding carboxylic acids is 1. The van der Waals surface area contributed by atoms with Gasteiger partial charge in [-0.05, 0) is 25.7 Å². The van der Waals surface area contributed by atoms with Gasteiger partial charge in [0.2, 0.25) is 5.91 Å². The fourth-order valence-electron chi connectivity index (χ4n) is 4.05. The molecule has 0 aromatic carbocycles. The molecule has 7 atom stereocenters. The van der Waals surface area contributed by atoms with Gasteiger partial charge in [-0.1, -0.05) is 27.6 Å². The van der Waals surface area contributed by atoms with Crippen molar-refractivity contribution >= 4 is 33.8 Å². The highest BCUT2D eigenvalue weighted by Crippen LogP contribution is 2.56. The number of hydrogen-bond donors (Lipinski definition) is 5. The van der Waals surface area contributed by atoms with Gasteiger partial charge < -0.3 is 20.4 Å². The largest absolute Gasteiger partial charge is 0.477 e. The monoisotopic (exact) mass is 497 g/mol. The Hall–Kier alpha value is -1.18. The van der Waals surface area contributed by atoms with Crippen molar-refractivity contribution in [3.63, 3.8) is 0 Å². The van der Waals surface area contributed by atoms with E-state index in [4.69, 9.17) is 12.0 Å². The first kappa shape index (κ1) is 17.3. The summed E-state index contributed by atoms with van der Waals surface area (Å²) in [7, 11) is -4.03. The van der Waals surface area contributed by atoms with Gasteiger partial charge in [-0.15, -0.1) is 11.8 Å². The second-order valence-corrected chi connectivity index (χ2v) is 11.8. The van der Waals surface area contributed by atoms with Crippen LogP contribution in [0.3, 0.4) is 0 Å². The van der Waals surface area contributed by atoms with Crippen LogP contribution in [-0.2, 0) is 19.8 Å². The third-order valence-electron chi connectivity index (χ3n) is 6.56. The molecule has 2 fully saturated rings. The summed E-state index contributed by atoms with van der Waals surface area (Å²) in [5, 5.41) is 29.5. The number of carboxylic acid groups (broad SMARTS) is 1. The first-order chi connectivity index (χ1) is 17.2. The molecule has 0 aliphatic carbocycles. The molecule has 12 heteroatoms. The average molecular weight is 498 g/mol. The molecule has 3 rings (SSSR count). The summed E-state index contributed by atoms with van der Waals surface area (Å²) in [6.45, 7) is 3.04. The molecule has 182 valence electrons. The van der Waals surface area contributed by atoms with Crippen LogP contribution in [0.15, 0.2) is 10.6 Å². The van der Waals surface area contributed by atoms with Crippen molar-refractivity contribution in [3.05, 3.63) is 10.6 Å². The summed E-state index contributed by atoms with van der Waals surface area (Å²) in [5.41, 5.74) is -3.64. The molecular weight excluding hydrogens is 456 g/mol. The smallest absolute Gasteiger partial charge is 0.353 e. The maximum absolute atomic E-state index is 13.5. The molecular formula is C20H34N4O6S2. The third-order valence-corrected chi connectivity index (χ3v) is 8.72. The van der Waals surface area contributed by atoms with Crippen molar-refractivity contribution in [2.45, 2.75) is 63.9 Å². The van der Waals surface area contributed by atoms with E-state index in [1.165, 1.54) is 0 Å². The lowest BCUT2D eigenvalue weighted by molar-refractivity contribution is -0.179. The van der Waals surface area contributed by atoms with Gasteiger partial charge in [-0.3, -0.25) is 4.79 Å². The van der Waals surface area contributed by atoms with E-state index in [1.807, 2.05) is 0 Å². The zero-order valence-electron chi connectivity index (χ0n) is 25.4. The summed E-state index contributed by atoms with van der Waals surface area (Å²) >= 11 is 0.654. The third kappa shape index (κ3) is 4.09. The Balaban J connectivity index is 2.21. The second-order valence-electron chi connectivity index (χ2n) is 8.88. The SMILES string of the molecule is [2H]C(C)(C)[C@@](C)(O)[C@@]1([2H])C(=O)N2C(C(=O)O)=C(S[C@]3(C)CN[C@H](CNS(N)(=O)=O)C3C)[C@]([2H])(C([2H])([2H])[2H])[C@@]21[2H]. The number of nitrogens with two attached hydrogens (primary N) is 1. The van der Waals surface area contributed by atoms with Crippen molar-refractivity contribution in [1.29, 1.82) is 0 Å². The first-order valence-electron chi connectivity index (χ1n) is 13.4. The van der Waals surface area contributed by atoms with Crippen LogP contribution in [0.1, 0.15) is 51.1 Å². The molecule has 1 unspecified atom stereocenters. The summed E-state index contributed by atoms with van der Waals surface area (Å²) in [6, 6.07) is -3.69. The highest BCUT2D eigenvalue weighted by Gasteiger charge is 2.65. The lowest BCUT2D eigenvalue weighted by Gasteiger charge is -2.52. The van der Waals surface area contributed by atoms with Gasteiger partial charge in [0.25, 0.3) is 10.2 Å². The molecule has 0 radical (unpaired) electrons. The number of carboxylic acids is 1. The zero-order valence-corrected chi connectivity index (χ0v) is 20.1. The molecule has 0 aromatic heterocycles. The molecule has 0 spiro atoms. The molecule has 3 aliphatic rings. The Kier molecular flexibility index (Phi) is 4.45. The molecule has 2 saturated heterocycles. The van der Waals surface area contributed by atoms with Crippen LogP contribution >= 0.6 is 11.8 Å². The Morgan fingerprint density at radius 2 is 2.22 bits per heavy atom. The standard InChI is InChI=1S/C20H34N4O6S2/c1-9(2)20(6,28)13-14-10(3)16(15(18(26)27)24(14)17(13)25)31-19(5)8-22-12(11(19)4)7-23-32(21,29)30/h9-14,22-23,28H,7-8H2,1-6H3,(H,26,27)(H2,21,29,30)/t10-,11?,12-,13-,14-,19-,20-/m1/s1/i3D3,9D,10D,13D,14D. The first-order valence-corrected chi connectivity index (χ1v) is 12.3. The van der Waals surface area contributed by atoms with E-state index in [1.54, 1.807) is 13.8 Å². The van der Waals surface area contributed by atoms with E-state index >= 15 is 0 Å². The average Bonchev–Trinajstić information content (AvgIpc) is 3.13. The Morgan fingerprint density at radius 1 is 1.59 bits per heavy atom. The highest BCUT2D eigenvalue weighted by molar-refractivity contribution is 8.04. The van der Waals surface area contributed by atoms with Crippen LogP contribution in [0.4, 0.5) is 0 Å². The minimum atomic E-state index is -4.03. The lowest BCUT2D eigenvalue weighted by atomic mass is 9.68. The Bertz CT molecular complexity index is 1240. The van der Waals surface area contributed by atoms with Crippen molar-refractivity contribution in [2.75, 3.05) is 13.1 Å². The molecule has 0 aromatic rings. The second kappa shape index (κ2) is 8.24.